The van der Waals surface area contributed by atoms with Crippen LogP contribution in [-0.4, -0.2) is 23.1 Å². The van der Waals surface area contributed by atoms with Crippen molar-refractivity contribution in [2.24, 2.45) is 5.73 Å². The number of carbonyl (C=O) groups is 1. The van der Waals surface area contributed by atoms with E-state index in [1.807, 2.05) is 0 Å². The monoisotopic (exact) mass is 436 g/mol. The Balaban J connectivity index is 1.84. The number of benzene rings is 2. The molecule has 2 amide bonds. The predicted octanol–water partition coefficient (Wildman–Crippen LogP) is 4.91. The second-order valence-corrected chi connectivity index (χ2v) is 6.65. The summed E-state index contributed by atoms with van der Waals surface area (Å²) in [4.78, 5) is 21.0. The number of methoxy groups -OCH3 is 1. The smallest absolute Gasteiger partial charge is 0.417 e. The van der Waals surface area contributed by atoms with Crippen LogP contribution in [0.2, 0.25) is 5.02 Å². The minimum absolute atomic E-state index is 0.00754. The van der Waals surface area contributed by atoms with Crippen LogP contribution in [0.5, 0.6) is 6.01 Å². The van der Waals surface area contributed by atoms with Gasteiger partial charge in [0.15, 0.2) is 0 Å². The summed E-state index contributed by atoms with van der Waals surface area (Å²) in [5, 5.41) is -0.457. The first-order valence-electron chi connectivity index (χ1n) is 8.58. The van der Waals surface area contributed by atoms with E-state index in [0.29, 0.717) is 5.56 Å². The first-order chi connectivity index (χ1) is 14.2. The molecule has 0 aliphatic heterocycles. The molecule has 0 unspecified atom stereocenters. The van der Waals surface area contributed by atoms with E-state index in [0.717, 1.165) is 28.2 Å². The number of anilines is 1. The molecule has 156 valence electrons. The van der Waals surface area contributed by atoms with E-state index in [-0.39, 0.29) is 18.2 Å². The van der Waals surface area contributed by atoms with E-state index in [1.165, 1.54) is 13.2 Å². The van der Waals surface area contributed by atoms with Gasteiger partial charge in [-0.3, -0.25) is 4.90 Å². The maximum absolute atomic E-state index is 13.1. The fourth-order valence-corrected chi connectivity index (χ4v) is 2.98. The lowest BCUT2D eigenvalue weighted by Gasteiger charge is -2.22. The van der Waals surface area contributed by atoms with Crippen LogP contribution in [0, 0.1) is 0 Å². The number of carbonyl (C=O) groups excluding carboxylic acids is 1. The molecule has 0 aliphatic carbocycles. The molecule has 30 heavy (non-hydrogen) atoms. The SMILES string of the molecule is COc1ncc(-c2ccc(CN(C(N)=O)c3ccc(Cl)c(C(F)(F)F)c3)cc2)cn1. The number of hydrogen-bond donors (Lipinski definition) is 1. The van der Waals surface area contributed by atoms with Crippen molar-refractivity contribution < 1.29 is 22.7 Å². The zero-order chi connectivity index (χ0) is 21.9. The lowest BCUT2D eigenvalue weighted by molar-refractivity contribution is -0.137. The summed E-state index contributed by atoms with van der Waals surface area (Å²) in [6.07, 6.45) is -1.45. The Kier molecular flexibility index (Phi) is 6.12. The molecule has 10 heteroatoms. The van der Waals surface area contributed by atoms with Gasteiger partial charge in [0.05, 0.1) is 24.2 Å². The van der Waals surface area contributed by atoms with E-state index >= 15 is 0 Å². The van der Waals surface area contributed by atoms with E-state index < -0.39 is 22.8 Å². The molecule has 0 atom stereocenters. The van der Waals surface area contributed by atoms with E-state index in [4.69, 9.17) is 22.1 Å². The van der Waals surface area contributed by atoms with Gasteiger partial charge < -0.3 is 10.5 Å². The number of aromatic nitrogens is 2. The summed E-state index contributed by atoms with van der Waals surface area (Å²) in [7, 11) is 1.46. The summed E-state index contributed by atoms with van der Waals surface area (Å²) >= 11 is 5.65. The number of primary amides is 1. The van der Waals surface area contributed by atoms with Gasteiger partial charge >= 0.3 is 18.2 Å². The maximum Gasteiger partial charge on any atom is 0.417 e. The Labute approximate surface area is 175 Å². The van der Waals surface area contributed by atoms with E-state index in [9.17, 15) is 18.0 Å². The summed E-state index contributed by atoms with van der Waals surface area (Å²) in [6, 6.07) is 9.58. The molecule has 1 heterocycles. The normalized spacial score (nSPS) is 11.2. The number of nitrogens with zero attached hydrogens (tertiary/aromatic N) is 3. The second kappa shape index (κ2) is 8.58. The van der Waals surface area contributed by atoms with Gasteiger partial charge in [-0.25, -0.2) is 14.8 Å². The molecule has 0 spiro atoms. The van der Waals surface area contributed by atoms with Crippen molar-refractivity contribution in [3.63, 3.8) is 0 Å². The molecule has 0 saturated heterocycles. The molecule has 0 aliphatic rings. The zero-order valence-corrected chi connectivity index (χ0v) is 16.4. The van der Waals surface area contributed by atoms with E-state index in [2.05, 4.69) is 9.97 Å². The van der Waals surface area contributed by atoms with Gasteiger partial charge in [-0.2, -0.15) is 13.2 Å². The molecule has 0 radical (unpaired) electrons. The molecule has 0 fully saturated rings. The molecule has 0 saturated carbocycles. The first kappa shape index (κ1) is 21.4. The molecular weight excluding hydrogens is 421 g/mol. The Morgan fingerprint density at radius 1 is 1.10 bits per heavy atom. The minimum Gasteiger partial charge on any atom is -0.467 e. The van der Waals surface area contributed by atoms with Gasteiger partial charge in [-0.1, -0.05) is 35.9 Å². The number of ether oxygens (including phenoxy) is 1. The Morgan fingerprint density at radius 3 is 2.27 bits per heavy atom. The maximum atomic E-state index is 13.1. The fourth-order valence-electron chi connectivity index (χ4n) is 2.75. The second-order valence-electron chi connectivity index (χ2n) is 6.24. The Hall–Kier alpha value is -3.33. The largest absolute Gasteiger partial charge is 0.467 e. The van der Waals surface area contributed by atoms with Crippen molar-refractivity contribution in [1.82, 2.24) is 9.97 Å². The van der Waals surface area contributed by atoms with Gasteiger partial charge in [0.1, 0.15) is 0 Å². The van der Waals surface area contributed by atoms with Crippen molar-refractivity contribution >= 4 is 23.3 Å². The Bertz CT molecular complexity index is 1040. The number of alkyl halides is 3. The predicted molar refractivity (Wildman–Crippen MR) is 106 cm³/mol. The third-order valence-corrected chi connectivity index (χ3v) is 4.60. The Morgan fingerprint density at radius 2 is 1.73 bits per heavy atom. The van der Waals surface area contributed by atoms with Gasteiger partial charge in [-0.15, -0.1) is 0 Å². The lowest BCUT2D eigenvalue weighted by Crippen LogP contribution is -2.35. The third kappa shape index (κ3) is 4.80. The van der Waals surface area contributed by atoms with Crippen LogP contribution in [0.4, 0.5) is 23.7 Å². The molecule has 2 N–H and O–H groups in total. The van der Waals surface area contributed by atoms with Gasteiger partial charge in [0.2, 0.25) is 0 Å². The summed E-state index contributed by atoms with van der Waals surface area (Å²) < 4.78 is 44.3. The lowest BCUT2D eigenvalue weighted by atomic mass is 10.1. The molecule has 0 bridgehead atoms. The highest BCUT2D eigenvalue weighted by Gasteiger charge is 2.34. The van der Waals surface area contributed by atoms with E-state index in [1.54, 1.807) is 36.7 Å². The van der Waals surface area contributed by atoms with Crippen molar-refractivity contribution in [3.05, 3.63) is 71.0 Å². The number of halogens is 4. The standard InChI is InChI=1S/C20H16ClF3N4O2/c1-30-19-26-9-14(10-27-19)13-4-2-12(3-5-13)11-28(18(25)29)15-6-7-17(21)16(8-15)20(22,23)24/h2-10H,11H2,1H3,(H2,25,29). The first-order valence-corrected chi connectivity index (χ1v) is 8.96. The van der Waals surface area contributed by atoms with Crippen molar-refractivity contribution in [3.8, 4) is 17.1 Å². The van der Waals surface area contributed by atoms with Crippen molar-refractivity contribution in [1.29, 1.82) is 0 Å². The van der Waals surface area contributed by atoms with Crippen LogP contribution in [-0.2, 0) is 12.7 Å². The number of urea groups is 1. The number of hydrogen-bond acceptors (Lipinski definition) is 4. The molecule has 3 rings (SSSR count). The van der Waals surface area contributed by atoms with Gasteiger partial charge in [0.25, 0.3) is 0 Å². The summed E-state index contributed by atoms with van der Waals surface area (Å²) in [5.74, 6) is 0. The molecule has 2 aromatic carbocycles. The minimum atomic E-state index is -4.65. The number of amides is 2. The van der Waals surface area contributed by atoms with Crippen LogP contribution >= 0.6 is 11.6 Å². The molecule has 1 aromatic heterocycles. The van der Waals surface area contributed by atoms with Crippen LogP contribution in [0.25, 0.3) is 11.1 Å². The summed E-state index contributed by atoms with van der Waals surface area (Å²) in [5.41, 5.74) is 6.59. The van der Waals surface area contributed by atoms with Gasteiger partial charge in [0, 0.05) is 23.6 Å². The van der Waals surface area contributed by atoms with Gasteiger partial charge in [-0.05, 0) is 29.3 Å². The van der Waals surface area contributed by atoms with Crippen molar-refractivity contribution in [2.45, 2.75) is 12.7 Å². The average molecular weight is 437 g/mol. The third-order valence-electron chi connectivity index (χ3n) is 4.27. The molecule has 6 nitrogen and oxygen atoms in total. The van der Waals surface area contributed by atoms with Crippen LogP contribution in [0.15, 0.2) is 54.9 Å². The fraction of sp³-hybridized carbons (Fsp3) is 0.150. The van der Waals surface area contributed by atoms with Crippen molar-refractivity contribution in [2.75, 3.05) is 12.0 Å². The van der Waals surface area contributed by atoms with Crippen LogP contribution in [0.3, 0.4) is 0 Å². The van der Waals surface area contributed by atoms with Crippen LogP contribution < -0.4 is 15.4 Å². The number of rotatable bonds is 5. The molecule has 3 aromatic rings. The highest BCUT2D eigenvalue weighted by atomic mass is 35.5. The number of nitrogens with two attached hydrogens (primary N) is 1. The quantitative estimate of drug-likeness (QED) is 0.616. The highest BCUT2D eigenvalue weighted by Crippen LogP contribution is 2.37. The highest BCUT2D eigenvalue weighted by molar-refractivity contribution is 6.31. The average Bonchev–Trinajstić information content (AvgIpc) is 2.72. The van der Waals surface area contributed by atoms with Crippen LogP contribution in [0.1, 0.15) is 11.1 Å². The summed E-state index contributed by atoms with van der Waals surface area (Å²) in [6.45, 7) is -0.0202. The topological polar surface area (TPSA) is 81.3 Å². The zero-order valence-electron chi connectivity index (χ0n) is 15.7. The molecular formula is C20H16ClF3N4O2.